The van der Waals surface area contributed by atoms with E-state index >= 15 is 0 Å². The van der Waals surface area contributed by atoms with Crippen molar-refractivity contribution in [1.82, 2.24) is 0 Å². The van der Waals surface area contributed by atoms with Crippen molar-refractivity contribution < 1.29 is 14.3 Å². The van der Waals surface area contributed by atoms with Crippen LogP contribution in [0.5, 0.6) is 0 Å². The quantitative estimate of drug-likeness (QED) is 0.487. The molecule has 3 heteroatoms. The van der Waals surface area contributed by atoms with E-state index in [1.54, 1.807) is 6.08 Å². The van der Waals surface area contributed by atoms with E-state index in [4.69, 9.17) is 9.47 Å². The summed E-state index contributed by atoms with van der Waals surface area (Å²) in [5.74, 6) is 0. The van der Waals surface area contributed by atoms with Crippen LogP contribution in [0.4, 0.5) is 4.79 Å². The van der Waals surface area contributed by atoms with Gasteiger partial charge in [0.2, 0.25) is 0 Å². The second-order valence-electron chi connectivity index (χ2n) is 3.18. The predicted octanol–water partition coefficient (Wildman–Crippen LogP) is 3.29. The third kappa shape index (κ3) is 3.81. The number of hydrogen-bond acceptors (Lipinski definition) is 3. The summed E-state index contributed by atoms with van der Waals surface area (Å²) in [6.07, 6.45) is 3.30. The molecule has 0 aliphatic carbocycles. The van der Waals surface area contributed by atoms with Gasteiger partial charge in [0, 0.05) is 0 Å². The molecular weight excluding hydrogens is 180 g/mol. The Hall–Kier alpha value is -0.990. The van der Waals surface area contributed by atoms with Crippen molar-refractivity contribution >= 4 is 6.16 Å². The van der Waals surface area contributed by atoms with Crippen LogP contribution >= 0.6 is 0 Å². The summed E-state index contributed by atoms with van der Waals surface area (Å²) >= 11 is 0. The Morgan fingerprint density at radius 1 is 1.36 bits per heavy atom. The monoisotopic (exact) mass is 200 g/mol. The Balaban J connectivity index is 4.15. The van der Waals surface area contributed by atoms with Gasteiger partial charge in [-0.25, -0.2) is 4.79 Å². The van der Waals surface area contributed by atoms with Gasteiger partial charge in [0.15, 0.2) is 0 Å². The van der Waals surface area contributed by atoms with E-state index in [0.717, 1.165) is 6.42 Å². The maximum atomic E-state index is 11.2. The molecule has 0 radical (unpaired) electrons. The van der Waals surface area contributed by atoms with Crippen molar-refractivity contribution in [2.75, 3.05) is 6.61 Å². The lowest BCUT2D eigenvalue weighted by Crippen LogP contribution is -2.31. The van der Waals surface area contributed by atoms with Crippen LogP contribution in [0.1, 0.15) is 40.0 Å². The summed E-state index contributed by atoms with van der Waals surface area (Å²) in [4.78, 5) is 11.2. The lowest BCUT2D eigenvalue weighted by molar-refractivity contribution is -0.0140. The highest BCUT2D eigenvalue weighted by atomic mass is 16.7. The molecule has 0 unspecified atom stereocenters. The van der Waals surface area contributed by atoms with Crippen LogP contribution in [0.25, 0.3) is 0 Å². The van der Waals surface area contributed by atoms with Crippen molar-refractivity contribution in [3.63, 3.8) is 0 Å². The minimum Gasteiger partial charge on any atom is -0.434 e. The zero-order valence-corrected chi connectivity index (χ0v) is 9.34. The van der Waals surface area contributed by atoms with E-state index in [9.17, 15) is 4.79 Å². The molecule has 0 aliphatic heterocycles. The Bertz CT molecular complexity index is 183. The van der Waals surface area contributed by atoms with E-state index in [2.05, 4.69) is 6.58 Å². The zero-order valence-electron chi connectivity index (χ0n) is 9.34. The first-order chi connectivity index (χ1) is 6.64. The number of carbonyl (C=O) groups is 1. The average Bonchev–Trinajstić information content (AvgIpc) is 2.23. The predicted molar refractivity (Wildman–Crippen MR) is 56.2 cm³/mol. The van der Waals surface area contributed by atoms with Gasteiger partial charge in [-0.1, -0.05) is 27.4 Å². The number of ether oxygens (including phenoxy) is 2. The summed E-state index contributed by atoms with van der Waals surface area (Å²) in [6, 6.07) is 0. The molecule has 0 rings (SSSR count). The minimum absolute atomic E-state index is 0.402. The zero-order chi connectivity index (χ0) is 11.0. The third-order valence-electron chi connectivity index (χ3n) is 2.28. The second kappa shape index (κ2) is 6.46. The second-order valence-corrected chi connectivity index (χ2v) is 3.18. The van der Waals surface area contributed by atoms with E-state index in [-0.39, 0.29) is 0 Å². The molecule has 0 bridgehead atoms. The van der Waals surface area contributed by atoms with Crippen LogP contribution in [-0.4, -0.2) is 18.4 Å². The molecule has 82 valence electrons. The summed E-state index contributed by atoms with van der Waals surface area (Å²) in [6.45, 7) is 9.93. The first kappa shape index (κ1) is 13.0. The molecule has 3 nitrogen and oxygen atoms in total. The summed E-state index contributed by atoms with van der Waals surface area (Å²) in [7, 11) is 0. The van der Waals surface area contributed by atoms with Crippen molar-refractivity contribution in [3.8, 4) is 0 Å². The lowest BCUT2D eigenvalue weighted by atomic mass is 9.98. The molecule has 0 amide bonds. The fourth-order valence-electron chi connectivity index (χ4n) is 1.11. The van der Waals surface area contributed by atoms with Crippen LogP contribution in [0, 0.1) is 0 Å². The lowest BCUT2D eigenvalue weighted by Gasteiger charge is -2.27. The molecule has 0 saturated carbocycles. The van der Waals surface area contributed by atoms with Gasteiger partial charge in [0.05, 0.1) is 6.61 Å². The third-order valence-corrected chi connectivity index (χ3v) is 2.28. The molecule has 0 fully saturated rings. The number of carbonyl (C=O) groups excluding carboxylic acids is 1. The van der Waals surface area contributed by atoms with Gasteiger partial charge in [0.1, 0.15) is 5.60 Å². The van der Waals surface area contributed by atoms with E-state index in [1.807, 2.05) is 20.8 Å². The Morgan fingerprint density at radius 3 is 2.29 bits per heavy atom. The molecule has 0 spiro atoms. The summed E-state index contributed by atoms with van der Waals surface area (Å²) < 4.78 is 10.1. The van der Waals surface area contributed by atoms with Crippen LogP contribution in [0.3, 0.4) is 0 Å². The van der Waals surface area contributed by atoms with Gasteiger partial charge in [-0.05, 0) is 25.3 Å². The van der Waals surface area contributed by atoms with Gasteiger partial charge in [-0.3, -0.25) is 0 Å². The van der Waals surface area contributed by atoms with Gasteiger partial charge in [-0.2, -0.15) is 0 Å². The van der Waals surface area contributed by atoms with Crippen LogP contribution in [0.2, 0.25) is 0 Å². The van der Waals surface area contributed by atoms with Gasteiger partial charge in [0.25, 0.3) is 0 Å². The largest absolute Gasteiger partial charge is 0.509 e. The van der Waals surface area contributed by atoms with Crippen molar-refractivity contribution in [2.45, 2.75) is 45.6 Å². The summed E-state index contributed by atoms with van der Waals surface area (Å²) in [5, 5.41) is 0. The highest BCUT2D eigenvalue weighted by Crippen LogP contribution is 2.22. The Morgan fingerprint density at radius 2 is 1.93 bits per heavy atom. The highest BCUT2D eigenvalue weighted by molar-refractivity contribution is 5.60. The maximum absolute atomic E-state index is 11.2. The molecule has 0 aliphatic rings. The molecule has 14 heavy (non-hydrogen) atoms. The molecule has 0 saturated heterocycles. The number of rotatable bonds is 6. The first-order valence-corrected chi connectivity index (χ1v) is 5.13. The molecule has 0 atom stereocenters. The average molecular weight is 200 g/mol. The van der Waals surface area contributed by atoms with Crippen LogP contribution < -0.4 is 0 Å². The van der Waals surface area contributed by atoms with E-state index < -0.39 is 11.8 Å². The van der Waals surface area contributed by atoms with Gasteiger partial charge in [-0.15, -0.1) is 0 Å². The molecule has 0 aromatic heterocycles. The molecule has 0 N–H and O–H groups in total. The first-order valence-electron chi connectivity index (χ1n) is 5.13. The van der Waals surface area contributed by atoms with Crippen molar-refractivity contribution in [1.29, 1.82) is 0 Å². The van der Waals surface area contributed by atoms with E-state index in [1.165, 1.54) is 0 Å². The van der Waals surface area contributed by atoms with Gasteiger partial charge < -0.3 is 9.47 Å². The fourth-order valence-corrected chi connectivity index (χ4v) is 1.11. The standard InChI is InChI=1S/C11H20O3/c1-5-9-13-10(12)14-11(6-2,7-3)8-4/h6H,2,5,7-9H2,1,3-4H3. The van der Waals surface area contributed by atoms with Crippen molar-refractivity contribution in [3.05, 3.63) is 12.7 Å². The SMILES string of the molecule is C=CC(CC)(CC)OC(=O)OCCC. The molecular formula is C11H20O3. The molecule has 0 aromatic rings. The topological polar surface area (TPSA) is 35.5 Å². The highest BCUT2D eigenvalue weighted by Gasteiger charge is 2.27. The Kier molecular flexibility index (Phi) is 6.00. The Labute approximate surface area is 86.1 Å². The van der Waals surface area contributed by atoms with E-state index in [0.29, 0.717) is 19.4 Å². The van der Waals surface area contributed by atoms with Crippen LogP contribution in [0.15, 0.2) is 12.7 Å². The summed E-state index contributed by atoms with van der Waals surface area (Å²) in [5.41, 5.74) is -0.565. The normalized spacial score (nSPS) is 10.8. The molecule has 0 heterocycles. The van der Waals surface area contributed by atoms with Crippen molar-refractivity contribution in [2.24, 2.45) is 0 Å². The number of hydrogen-bond donors (Lipinski definition) is 0. The smallest absolute Gasteiger partial charge is 0.434 e. The van der Waals surface area contributed by atoms with Gasteiger partial charge >= 0.3 is 6.16 Å². The maximum Gasteiger partial charge on any atom is 0.509 e. The molecule has 0 aromatic carbocycles. The van der Waals surface area contributed by atoms with Crippen LogP contribution in [-0.2, 0) is 9.47 Å². The fraction of sp³-hybridized carbons (Fsp3) is 0.727. The minimum atomic E-state index is -0.601.